The smallest absolute Gasteiger partial charge is 0.354 e. The summed E-state index contributed by atoms with van der Waals surface area (Å²) < 4.78 is 68.7. The summed E-state index contributed by atoms with van der Waals surface area (Å²) in [7, 11) is -4.47. The van der Waals surface area contributed by atoms with E-state index in [9.17, 15) is 31.2 Å². The molecule has 0 spiro atoms. The Morgan fingerprint density at radius 1 is 0.900 bits per heavy atom. The number of carbonyl (C=O) groups excluding carboxylic acids is 2. The van der Waals surface area contributed by atoms with Gasteiger partial charge in [-0.05, 0) is 48.7 Å². The lowest BCUT2D eigenvalue weighted by Crippen LogP contribution is -2.52. The van der Waals surface area contributed by atoms with Crippen molar-refractivity contribution in [2.45, 2.75) is 50.3 Å². The highest BCUT2D eigenvalue weighted by Crippen LogP contribution is 2.33. The molecule has 7 nitrogen and oxygen atoms in total. The maximum atomic E-state index is 13.9. The lowest BCUT2D eigenvalue weighted by molar-refractivity contribution is -0.140. The van der Waals surface area contributed by atoms with Crippen molar-refractivity contribution >= 4 is 27.5 Å². The fraction of sp³-hybridized carbons (Fsp3) is 0.310. The largest absolute Gasteiger partial charge is 0.416 e. The molecule has 1 N–H and O–H groups in total. The number of halogens is 3. The van der Waals surface area contributed by atoms with E-state index in [0.29, 0.717) is 28.9 Å². The van der Waals surface area contributed by atoms with Gasteiger partial charge in [0, 0.05) is 13.1 Å². The second kappa shape index (κ2) is 13.5. The normalized spacial score (nSPS) is 12.4. The number of anilines is 1. The Morgan fingerprint density at radius 3 is 2.10 bits per heavy atom. The minimum absolute atomic E-state index is 0.000456. The van der Waals surface area contributed by atoms with Gasteiger partial charge in [0.15, 0.2) is 0 Å². The Balaban J connectivity index is 2.08. The lowest BCUT2D eigenvalue weighted by atomic mass is 10.1. The van der Waals surface area contributed by atoms with E-state index in [1.807, 2.05) is 6.92 Å². The summed E-state index contributed by atoms with van der Waals surface area (Å²) in [5, 5.41) is 2.78. The highest BCUT2D eigenvalue weighted by molar-refractivity contribution is 7.92. The summed E-state index contributed by atoms with van der Waals surface area (Å²) in [4.78, 5) is 28.0. The van der Waals surface area contributed by atoms with Crippen molar-refractivity contribution in [3.63, 3.8) is 0 Å². The topological polar surface area (TPSA) is 86.8 Å². The molecule has 0 aliphatic rings. The SMILES string of the molecule is CCCNC(=O)C(CC)N(Cc1ccccc1)C(=O)CN(c1cccc(C(F)(F)F)c1)S(=O)(=O)c1ccccc1. The standard InChI is InChI=1S/C29H32F3N3O4S/c1-3-18-33-28(37)26(4-2)34(20-22-12-7-5-8-13-22)27(36)21-35(40(38,39)25-16-9-6-10-17-25)24-15-11-14-23(19-24)29(30,31)32/h5-17,19,26H,3-4,18,20-21H2,1-2H3,(H,33,37). The molecule has 1 atom stereocenters. The van der Waals surface area contributed by atoms with Crippen LogP contribution in [0.5, 0.6) is 0 Å². The second-order valence-electron chi connectivity index (χ2n) is 9.10. The van der Waals surface area contributed by atoms with Crippen molar-refractivity contribution in [2.24, 2.45) is 0 Å². The zero-order valence-corrected chi connectivity index (χ0v) is 23.1. The van der Waals surface area contributed by atoms with Gasteiger partial charge in [0.2, 0.25) is 11.8 Å². The Labute approximate surface area is 232 Å². The summed E-state index contributed by atoms with van der Waals surface area (Å²) in [6, 6.07) is 18.9. The molecule has 0 heterocycles. The molecule has 1 unspecified atom stereocenters. The van der Waals surface area contributed by atoms with Gasteiger partial charge in [-0.3, -0.25) is 13.9 Å². The fourth-order valence-electron chi connectivity index (χ4n) is 4.15. The molecule has 3 aromatic carbocycles. The van der Waals surface area contributed by atoms with E-state index in [0.717, 1.165) is 12.1 Å². The van der Waals surface area contributed by atoms with E-state index in [2.05, 4.69) is 5.32 Å². The molecular weight excluding hydrogens is 543 g/mol. The van der Waals surface area contributed by atoms with E-state index in [-0.39, 0.29) is 23.5 Å². The van der Waals surface area contributed by atoms with Crippen molar-refractivity contribution in [3.05, 3.63) is 96.1 Å². The highest BCUT2D eigenvalue weighted by Gasteiger charge is 2.35. The van der Waals surface area contributed by atoms with Crippen molar-refractivity contribution in [1.29, 1.82) is 0 Å². The van der Waals surface area contributed by atoms with Crippen LogP contribution in [0, 0.1) is 0 Å². The Bertz CT molecular complexity index is 1380. The van der Waals surface area contributed by atoms with Crippen LogP contribution in [0.15, 0.2) is 89.8 Å². The fourth-order valence-corrected chi connectivity index (χ4v) is 5.58. The number of carbonyl (C=O) groups is 2. The summed E-state index contributed by atoms with van der Waals surface area (Å²) in [6.45, 7) is 3.19. The average Bonchev–Trinajstić information content (AvgIpc) is 2.95. The maximum absolute atomic E-state index is 13.9. The first-order valence-electron chi connectivity index (χ1n) is 12.8. The molecule has 0 radical (unpaired) electrons. The number of hydrogen-bond donors (Lipinski definition) is 1. The van der Waals surface area contributed by atoms with Gasteiger partial charge in [-0.25, -0.2) is 8.42 Å². The van der Waals surface area contributed by atoms with Crippen LogP contribution < -0.4 is 9.62 Å². The zero-order chi connectivity index (χ0) is 29.3. The van der Waals surface area contributed by atoms with Crippen LogP contribution in [-0.4, -0.2) is 44.3 Å². The molecule has 0 fully saturated rings. The molecule has 214 valence electrons. The Kier molecular flexibility index (Phi) is 10.3. The molecule has 0 aromatic heterocycles. The number of nitrogens with one attached hydrogen (secondary N) is 1. The lowest BCUT2D eigenvalue weighted by Gasteiger charge is -2.33. The van der Waals surface area contributed by atoms with E-state index in [4.69, 9.17) is 0 Å². The number of hydrogen-bond acceptors (Lipinski definition) is 4. The van der Waals surface area contributed by atoms with Gasteiger partial charge >= 0.3 is 6.18 Å². The van der Waals surface area contributed by atoms with Crippen LogP contribution in [0.1, 0.15) is 37.8 Å². The van der Waals surface area contributed by atoms with Crippen molar-refractivity contribution < 1.29 is 31.2 Å². The third-order valence-electron chi connectivity index (χ3n) is 6.20. The van der Waals surface area contributed by atoms with Crippen molar-refractivity contribution in [2.75, 3.05) is 17.4 Å². The van der Waals surface area contributed by atoms with Crippen LogP contribution in [0.2, 0.25) is 0 Å². The molecule has 0 aliphatic carbocycles. The van der Waals surface area contributed by atoms with Gasteiger partial charge in [-0.15, -0.1) is 0 Å². The van der Waals surface area contributed by atoms with Crippen LogP contribution in [0.4, 0.5) is 18.9 Å². The third-order valence-corrected chi connectivity index (χ3v) is 7.99. The number of benzene rings is 3. The number of rotatable bonds is 12. The van der Waals surface area contributed by atoms with Gasteiger partial charge in [-0.1, -0.05) is 68.4 Å². The molecule has 0 bridgehead atoms. The van der Waals surface area contributed by atoms with Gasteiger partial charge in [-0.2, -0.15) is 13.2 Å². The minimum atomic E-state index is -4.73. The molecule has 0 saturated carbocycles. The van der Waals surface area contributed by atoms with E-state index in [1.165, 1.54) is 35.2 Å². The Morgan fingerprint density at radius 2 is 1.52 bits per heavy atom. The van der Waals surface area contributed by atoms with Gasteiger partial charge < -0.3 is 10.2 Å². The predicted molar refractivity (Wildman–Crippen MR) is 147 cm³/mol. The van der Waals surface area contributed by atoms with Crippen LogP contribution >= 0.6 is 0 Å². The molecule has 3 rings (SSSR count). The predicted octanol–water partition coefficient (Wildman–Crippen LogP) is 5.23. The monoisotopic (exact) mass is 575 g/mol. The average molecular weight is 576 g/mol. The molecule has 11 heteroatoms. The Hall–Kier alpha value is -3.86. The molecular formula is C29H32F3N3O4S. The molecule has 0 saturated heterocycles. The van der Waals surface area contributed by atoms with Crippen LogP contribution in [0.25, 0.3) is 0 Å². The number of alkyl halides is 3. The first-order chi connectivity index (χ1) is 19.0. The molecule has 2 amide bonds. The van der Waals surface area contributed by atoms with Crippen molar-refractivity contribution in [3.8, 4) is 0 Å². The van der Waals surface area contributed by atoms with Crippen LogP contribution in [-0.2, 0) is 32.3 Å². The van der Waals surface area contributed by atoms with Gasteiger partial charge in [0.1, 0.15) is 12.6 Å². The summed E-state index contributed by atoms with van der Waals surface area (Å²) in [5.41, 5.74) is -0.679. The summed E-state index contributed by atoms with van der Waals surface area (Å²) >= 11 is 0. The molecule has 3 aromatic rings. The van der Waals surface area contributed by atoms with Crippen LogP contribution in [0.3, 0.4) is 0 Å². The number of amides is 2. The van der Waals surface area contributed by atoms with Gasteiger partial charge in [0.05, 0.1) is 16.1 Å². The van der Waals surface area contributed by atoms with E-state index >= 15 is 0 Å². The highest BCUT2D eigenvalue weighted by atomic mass is 32.2. The quantitative estimate of drug-likeness (QED) is 0.320. The molecule has 0 aliphatic heterocycles. The van der Waals surface area contributed by atoms with E-state index < -0.39 is 46.2 Å². The maximum Gasteiger partial charge on any atom is 0.416 e. The summed E-state index contributed by atoms with van der Waals surface area (Å²) in [5.74, 6) is -1.13. The first kappa shape index (κ1) is 30.7. The van der Waals surface area contributed by atoms with E-state index in [1.54, 1.807) is 43.3 Å². The molecule has 40 heavy (non-hydrogen) atoms. The van der Waals surface area contributed by atoms with Crippen molar-refractivity contribution in [1.82, 2.24) is 10.2 Å². The number of nitrogens with zero attached hydrogens (tertiary/aromatic N) is 2. The third kappa shape index (κ3) is 7.62. The second-order valence-corrected chi connectivity index (χ2v) is 11.0. The minimum Gasteiger partial charge on any atom is -0.354 e. The zero-order valence-electron chi connectivity index (χ0n) is 22.3. The summed E-state index contributed by atoms with van der Waals surface area (Å²) in [6.07, 6.45) is -3.82. The van der Waals surface area contributed by atoms with Gasteiger partial charge in [0.25, 0.3) is 10.0 Å². The first-order valence-corrected chi connectivity index (χ1v) is 14.3. The number of sulfonamides is 1.